The van der Waals surface area contributed by atoms with Crippen LogP contribution in [0.15, 0.2) is 6.07 Å². The molecule has 0 atom stereocenters. The lowest BCUT2D eigenvalue weighted by Crippen LogP contribution is -2.17. The molecule has 1 amide bonds. The first-order chi connectivity index (χ1) is 8.02. The molecule has 0 saturated heterocycles. The van der Waals surface area contributed by atoms with Gasteiger partial charge in [-0.05, 0) is 42.5 Å². The van der Waals surface area contributed by atoms with Crippen LogP contribution in [0.4, 0.5) is 5.69 Å². The summed E-state index contributed by atoms with van der Waals surface area (Å²) in [7, 11) is 0. The molecule has 0 bridgehead atoms. The van der Waals surface area contributed by atoms with E-state index in [4.69, 9.17) is 11.5 Å². The first-order valence-electron chi connectivity index (χ1n) is 6.23. The minimum atomic E-state index is -0.377. The fourth-order valence-electron chi connectivity index (χ4n) is 2.18. The summed E-state index contributed by atoms with van der Waals surface area (Å²) in [5, 5.41) is 0. The van der Waals surface area contributed by atoms with E-state index < -0.39 is 0 Å². The maximum Gasteiger partial charge on any atom is 0.249 e. The Balaban J connectivity index is 3.39. The van der Waals surface area contributed by atoms with Crippen LogP contribution in [0.1, 0.15) is 53.7 Å². The van der Waals surface area contributed by atoms with Gasteiger partial charge in [-0.1, -0.05) is 26.7 Å². The Morgan fingerprint density at radius 3 is 2.29 bits per heavy atom. The minimum Gasteiger partial charge on any atom is -0.398 e. The molecule has 0 radical (unpaired) electrons. The van der Waals surface area contributed by atoms with Gasteiger partial charge in [-0.2, -0.15) is 0 Å². The van der Waals surface area contributed by atoms with Gasteiger partial charge in [0, 0.05) is 11.3 Å². The zero-order valence-electron chi connectivity index (χ0n) is 11.0. The molecule has 3 heteroatoms. The molecular formula is C14H22N2O. The molecule has 94 valence electrons. The summed E-state index contributed by atoms with van der Waals surface area (Å²) in [6.45, 7) is 6.20. The highest BCUT2D eigenvalue weighted by Crippen LogP contribution is 2.27. The van der Waals surface area contributed by atoms with E-state index >= 15 is 0 Å². The Morgan fingerprint density at radius 1 is 1.24 bits per heavy atom. The summed E-state index contributed by atoms with van der Waals surface area (Å²) in [5.41, 5.74) is 16.1. The van der Waals surface area contributed by atoms with Gasteiger partial charge in [0.05, 0.1) is 0 Å². The number of anilines is 1. The Morgan fingerprint density at radius 2 is 1.82 bits per heavy atom. The number of nitrogen functional groups attached to an aromatic ring is 1. The first kappa shape index (κ1) is 13.6. The van der Waals surface area contributed by atoms with E-state index in [0.717, 1.165) is 48.1 Å². The van der Waals surface area contributed by atoms with Gasteiger partial charge in [0.2, 0.25) is 5.91 Å². The molecule has 0 fully saturated rings. The summed E-state index contributed by atoms with van der Waals surface area (Å²) in [5.74, 6) is -0.377. The van der Waals surface area contributed by atoms with E-state index in [1.165, 1.54) is 0 Å². The molecule has 3 nitrogen and oxygen atoms in total. The van der Waals surface area contributed by atoms with Crippen molar-refractivity contribution in [3.05, 3.63) is 28.3 Å². The van der Waals surface area contributed by atoms with Crippen molar-refractivity contribution in [2.24, 2.45) is 5.73 Å². The van der Waals surface area contributed by atoms with Gasteiger partial charge in [-0.15, -0.1) is 0 Å². The number of nitrogens with two attached hydrogens (primary N) is 2. The molecule has 1 aromatic carbocycles. The Hall–Kier alpha value is -1.51. The topological polar surface area (TPSA) is 69.1 Å². The van der Waals surface area contributed by atoms with Gasteiger partial charge >= 0.3 is 0 Å². The van der Waals surface area contributed by atoms with E-state index in [-0.39, 0.29) is 5.91 Å². The van der Waals surface area contributed by atoms with Crippen LogP contribution in [0.2, 0.25) is 0 Å². The van der Waals surface area contributed by atoms with Crippen LogP contribution >= 0.6 is 0 Å². The normalized spacial score (nSPS) is 10.5. The van der Waals surface area contributed by atoms with Crippen molar-refractivity contribution in [2.45, 2.75) is 46.5 Å². The number of rotatable bonds is 5. The minimum absolute atomic E-state index is 0.377. The highest BCUT2D eigenvalue weighted by molar-refractivity contribution is 5.96. The average molecular weight is 234 g/mol. The van der Waals surface area contributed by atoms with Crippen LogP contribution in [-0.2, 0) is 12.8 Å². The highest BCUT2D eigenvalue weighted by Gasteiger charge is 2.15. The van der Waals surface area contributed by atoms with E-state index in [0.29, 0.717) is 5.56 Å². The zero-order valence-corrected chi connectivity index (χ0v) is 11.0. The number of hydrogen-bond acceptors (Lipinski definition) is 2. The number of benzene rings is 1. The van der Waals surface area contributed by atoms with Gasteiger partial charge < -0.3 is 11.5 Å². The largest absolute Gasteiger partial charge is 0.398 e. The molecule has 0 aliphatic rings. The molecule has 17 heavy (non-hydrogen) atoms. The predicted molar refractivity (Wildman–Crippen MR) is 72.1 cm³/mol. The third-order valence-electron chi connectivity index (χ3n) is 3.14. The van der Waals surface area contributed by atoms with E-state index in [2.05, 4.69) is 13.8 Å². The summed E-state index contributed by atoms with van der Waals surface area (Å²) in [6, 6.07) is 1.92. The molecule has 0 aromatic heterocycles. The lowest BCUT2D eigenvalue weighted by atomic mass is 9.92. The third-order valence-corrected chi connectivity index (χ3v) is 3.14. The fraction of sp³-hybridized carbons (Fsp3) is 0.500. The lowest BCUT2D eigenvalue weighted by Gasteiger charge is -2.16. The molecule has 0 aliphatic carbocycles. The number of aryl methyl sites for hydroxylation is 1. The quantitative estimate of drug-likeness (QED) is 0.769. The molecule has 0 spiro atoms. The molecule has 0 unspecified atom stereocenters. The Kier molecular flexibility index (Phi) is 4.55. The van der Waals surface area contributed by atoms with Crippen LogP contribution in [0, 0.1) is 6.92 Å². The van der Waals surface area contributed by atoms with Gasteiger partial charge in [-0.25, -0.2) is 0 Å². The van der Waals surface area contributed by atoms with E-state index in [9.17, 15) is 4.79 Å². The van der Waals surface area contributed by atoms with Gasteiger partial charge in [0.1, 0.15) is 0 Å². The molecule has 4 N–H and O–H groups in total. The van der Waals surface area contributed by atoms with Crippen LogP contribution in [-0.4, -0.2) is 5.91 Å². The van der Waals surface area contributed by atoms with Crippen LogP contribution < -0.4 is 11.5 Å². The van der Waals surface area contributed by atoms with E-state index in [1.54, 1.807) is 0 Å². The molecule has 0 saturated carbocycles. The number of amides is 1. The Bertz CT molecular complexity index is 425. The summed E-state index contributed by atoms with van der Waals surface area (Å²) in [4.78, 5) is 11.5. The molecule has 0 aliphatic heterocycles. The van der Waals surface area contributed by atoms with Crippen LogP contribution in [0.3, 0.4) is 0 Å². The van der Waals surface area contributed by atoms with Gasteiger partial charge in [0.15, 0.2) is 0 Å². The van der Waals surface area contributed by atoms with E-state index in [1.807, 2.05) is 13.0 Å². The molecular weight excluding hydrogens is 212 g/mol. The highest BCUT2D eigenvalue weighted by atomic mass is 16.1. The zero-order chi connectivity index (χ0) is 13.0. The SMILES string of the molecule is CCCc1cc(C(N)=O)c(CCC)c(N)c1C. The van der Waals surface area contributed by atoms with Crippen molar-refractivity contribution >= 4 is 11.6 Å². The van der Waals surface area contributed by atoms with Crippen molar-refractivity contribution in [2.75, 3.05) is 5.73 Å². The van der Waals surface area contributed by atoms with Crippen molar-refractivity contribution in [3.8, 4) is 0 Å². The second-order valence-electron chi connectivity index (χ2n) is 4.46. The molecule has 0 heterocycles. The number of carbonyl (C=O) groups excluding carboxylic acids is 1. The number of hydrogen-bond donors (Lipinski definition) is 2. The van der Waals surface area contributed by atoms with Gasteiger partial charge in [-0.3, -0.25) is 4.79 Å². The van der Waals surface area contributed by atoms with Crippen LogP contribution in [0.25, 0.3) is 0 Å². The second kappa shape index (κ2) is 5.71. The molecule has 1 rings (SSSR count). The first-order valence-corrected chi connectivity index (χ1v) is 6.23. The average Bonchev–Trinajstić information content (AvgIpc) is 2.28. The number of primary amides is 1. The second-order valence-corrected chi connectivity index (χ2v) is 4.46. The standard InChI is InChI=1S/C14H22N2O/c1-4-6-10-8-12(14(16)17)11(7-5-2)13(15)9(10)3/h8H,4-7,15H2,1-3H3,(H2,16,17). The van der Waals surface area contributed by atoms with Crippen molar-refractivity contribution in [1.82, 2.24) is 0 Å². The smallest absolute Gasteiger partial charge is 0.249 e. The Labute approximate surface area is 103 Å². The van der Waals surface area contributed by atoms with Crippen molar-refractivity contribution in [3.63, 3.8) is 0 Å². The van der Waals surface area contributed by atoms with Crippen molar-refractivity contribution < 1.29 is 4.79 Å². The van der Waals surface area contributed by atoms with Crippen LogP contribution in [0.5, 0.6) is 0 Å². The summed E-state index contributed by atoms with van der Waals surface area (Å²) >= 11 is 0. The number of carbonyl (C=O) groups is 1. The fourth-order valence-corrected chi connectivity index (χ4v) is 2.18. The third kappa shape index (κ3) is 2.78. The van der Waals surface area contributed by atoms with Gasteiger partial charge in [0.25, 0.3) is 0 Å². The predicted octanol–water partition coefficient (Wildman–Crippen LogP) is 2.58. The summed E-state index contributed by atoms with van der Waals surface area (Å²) in [6.07, 6.45) is 3.72. The monoisotopic (exact) mass is 234 g/mol. The summed E-state index contributed by atoms with van der Waals surface area (Å²) < 4.78 is 0. The van der Waals surface area contributed by atoms with Crippen molar-refractivity contribution in [1.29, 1.82) is 0 Å². The lowest BCUT2D eigenvalue weighted by molar-refractivity contribution is 0.0999. The maximum absolute atomic E-state index is 11.5. The maximum atomic E-state index is 11.5. The molecule has 1 aromatic rings.